The largest absolute Gasteiger partial charge is 0.465 e. The molecule has 6 heteroatoms. The fourth-order valence-corrected chi connectivity index (χ4v) is 1.79. The smallest absolute Gasteiger partial charge is 0.337 e. The van der Waals surface area contributed by atoms with Crippen LogP contribution in [0, 0.1) is 11.6 Å². The standard InChI is InChI=1S/C17H13F2NO3/c1-23-17(22)12-5-8-14(19)15(10-12)20-16(21)9-4-11-2-6-13(18)7-3-11/h2-10H,1H3,(H,20,21)/b9-4+. The Labute approximate surface area is 131 Å². The molecule has 0 aliphatic carbocycles. The molecule has 1 amide bonds. The minimum Gasteiger partial charge on any atom is -0.465 e. The number of hydrogen-bond acceptors (Lipinski definition) is 3. The number of amides is 1. The van der Waals surface area contributed by atoms with E-state index >= 15 is 0 Å². The number of nitrogens with one attached hydrogen (secondary N) is 1. The summed E-state index contributed by atoms with van der Waals surface area (Å²) in [7, 11) is 1.20. The molecule has 0 aromatic heterocycles. The fourth-order valence-electron chi connectivity index (χ4n) is 1.79. The zero-order valence-electron chi connectivity index (χ0n) is 12.2. The molecule has 4 nitrogen and oxygen atoms in total. The van der Waals surface area contributed by atoms with Gasteiger partial charge in [-0.2, -0.15) is 0 Å². The zero-order valence-corrected chi connectivity index (χ0v) is 12.2. The number of rotatable bonds is 4. The fraction of sp³-hybridized carbons (Fsp3) is 0.0588. The highest BCUT2D eigenvalue weighted by Crippen LogP contribution is 2.17. The first-order chi connectivity index (χ1) is 11.0. The van der Waals surface area contributed by atoms with Crippen molar-refractivity contribution in [3.63, 3.8) is 0 Å². The second-order valence-electron chi connectivity index (χ2n) is 4.56. The van der Waals surface area contributed by atoms with Gasteiger partial charge >= 0.3 is 5.97 Å². The van der Waals surface area contributed by atoms with Crippen LogP contribution in [0.4, 0.5) is 14.5 Å². The van der Waals surface area contributed by atoms with E-state index < -0.39 is 17.7 Å². The van der Waals surface area contributed by atoms with Crippen LogP contribution in [0.15, 0.2) is 48.5 Å². The van der Waals surface area contributed by atoms with Gasteiger partial charge in [-0.1, -0.05) is 12.1 Å². The van der Waals surface area contributed by atoms with Crippen LogP contribution < -0.4 is 5.32 Å². The Bertz CT molecular complexity index is 755. The van der Waals surface area contributed by atoms with E-state index in [0.717, 1.165) is 6.07 Å². The van der Waals surface area contributed by atoms with E-state index in [1.807, 2.05) is 0 Å². The molecule has 0 heterocycles. The van der Waals surface area contributed by atoms with Crippen LogP contribution in [0.25, 0.3) is 6.08 Å². The number of hydrogen-bond donors (Lipinski definition) is 1. The predicted octanol–water partition coefficient (Wildman–Crippen LogP) is 3.40. The van der Waals surface area contributed by atoms with Gasteiger partial charge in [0.2, 0.25) is 5.91 Å². The summed E-state index contributed by atoms with van der Waals surface area (Å²) in [6, 6.07) is 9.02. The second kappa shape index (κ2) is 7.31. The van der Waals surface area contributed by atoms with Crippen molar-refractivity contribution >= 4 is 23.6 Å². The van der Waals surface area contributed by atoms with Crippen molar-refractivity contribution < 1.29 is 23.1 Å². The molecule has 0 bridgehead atoms. The van der Waals surface area contributed by atoms with Gasteiger partial charge in [0.15, 0.2) is 0 Å². The summed E-state index contributed by atoms with van der Waals surface area (Å²) < 4.78 is 31.0. The molecule has 1 N–H and O–H groups in total. The van der Waals surface area contributed by atoms with Crippen LogP contribution in [0.1, 0.15) is 15.9 Å². The number of carbonyl (C=O) groups excluding carboxylic acids is 2. The van der Waals surface area contributed by atoms with Gasteiger partial charge in [-0.15, -0.1) is 0 Å². The highest BCUT2D eigenvalue weighted by atomic mass is 19.1. The average Bonchev–Trinajstić information content (AvgIpc) is 2.55. The molecule has 0 spiro atoms. The van der Waals surface area contributed by atoms with Crippen molar-refractivity contribution in [2.24, 2.45) is 0 Å². The van der Waals surface area contributed by atoms with Crippen molar-refractivity contribution in [3.8, 4) is 0 Å². The summed E-state index contributed by atoms with van der Waals surface area (Å²) in [6.45, 7) is 0. The molecule has 0 unspecified atom stereocenters. The minimum atomic E-state index is -0.679. The van der Waals surface area contributed by atoms with Crippen LogP contribution in [0.3, 0.4) is 0 Å². The predicted molar refractivity (Wildman–Crippen MR) is 81.8 cm³/mol. The van der Waals surface area contributed by atoms with E-state index in [1.54, 1.807) is 0 Å². The molecule has 0 atom stereocenters. The average molecular weight is 317 g/mol. The molecular weight excluding hydrogens is 304 g/mol. The van der Waals surface area contributed by atoms with E-state index in [2.05, 4.69) is 10.1 Å². The number of ether oxygens (including phenoxy) is 1. The lowest BCUT2D eigenvalue weighted by Gasteiger charge is -2.06. The molecule has 0 aliphatic rings. The summed E-state index contributed by atoms with van der Waals surface area (Å²) in [4.78, 5) is 23.2. The maximum atomic E-state index is 13.7. The third kappa shape index (κ3) is 4.47. The van der Waals surface area contributed by atoms with Crippen molar-refractivity contribution in [2.75, 3.05) is 12.4 Å². The normalized spacial score (nSPS) is 10.6. The van der Waals surface area contributed by atoms with E-state index in [4.69, 9.17) is 0 Å². The Morgan fingerprint density at radius 2 is 1.78 bits per heavy atom. The highest BCUT2D eigenvalue weighted by molar-refractivity contribution is 6.02. The van der Waals surface area contributed by atoms with Gasteiger partial charge < -0.3 is 10.1 Å². The molecule has 2 aromatic carbocycles. The molecule has 2 aromatic rings. The Balaban J connectivity index is 2.10. The molecule has 0 fully saturated rings. The lowest BCUT2D eigenvalue weighted by Crippen LogP contribution is -2.11. The van der Waals surface area contributed by atoms with E-state index in [9.17, 15) is 18.4 Å². The van der Waals surface area contributed by atoms with Gasteiger partial charge in [0.1, 0.15) is 11.6 Å². The van der Waals surface area contributed by atoms with Crippen molar-refractivity contribution in [2.45, 2.75) is 0 Å². The first-order valence-electron chi connectivity index (χ1n) is 6.62. The molecule has 0 saturated carbocycles. The number of halogens is 2. The van der Waals surface area contributed by atoms with Gasteiger partial charge in [-0.05, 0) is 42.0 Å². The maximum Gasteiger partial charge on any atom is 0.337 e. The molecule has 0 saturated heterocycles. The Morgan fingerprint density at radius 1 is 1.09 bits per heavy atom. The Morgan fingerprint density at radius 3 is 2.43 bits per heavy atom. The lowest BCUT2D eigenvalue weighted by atomic mass is 10.2. The number of benzene rings is 2. The van der Waals surface area contributed by atoms with Gasteiger partial charge in [0.05, 0.1) is 18.4 Å². The molecule has 2 rings (SSSR count). The van der Waals surface area contributed by atoms with Gasteiger partial charge in [0.25, 0.3) is 0 Å². The summed E-state index contributed by atoms with van der Waals surface area (Å²) >= 11 is 0. The van der Waals surface area contributed by atoms with Gasteiger partial charge in [-0.25, -0.2) is 13.6 Å². The number of methoxy groups -OCH3 is 1. The van der Waals surface area contributed by atoms with Crippen LogP contribution >= 0.6 is 0 Å². The van der Waals surface area contributed by atoms with Crippen molar-refractivity contribution in [1.29, 1.82) is 0 Å². The number of esters is 1. The van der Waals surface area contributed by atoms with Crippen LogP contribution in [-0.4, -0.2) is 19.0 Å². The van der Waals surface area contributed by atoms with E-state index in [1.165, 1.54) is 55.7 Å². The molecule has 0 aliphatic heterocycles. The van der Waals surface area contributed by atoms with Crippen LogP contribution in [0.5, 0.6) is 0 Å². The summed E-state index contributed by atoms with van der Waals surface area (Å²) in [5.74, 6) is -2.29. The summed E-state index contributed by atoms with van der Waals surface area (Å²) in [5, 5.41) is 2.33. The summed E-state index contributed by atoms with van der Waals surface area (Å²) in [6.07, 6.45) is 2.63. The quantitative estimate of drug-likeness (QED) is 0.694. The molecular formula is C17H13F2NO3. The maximum absolute atomic E-state index is 13.7. The second-order valence-corrected chi connectivity index (χ2v) is 4.56. The zero-order chi connectivity index (χ0) is 16.8. The molecule has 118 valence electrons. The Kier molecular flexibility index (Phi) is 5.19. The van der Waals surface area contributed by atoms with Crippen LogP contribution in [0.2, 0.25) is 0 Å². The monoisotopic (exact) mass is 317 g/mol. The third-order valence-corrected chi connectivity index (χ3v) is 2.94. The first kappa shape index (κ1) is 16.4. The number of carbonyl (C=O) groups is 2. The first-order valence-corrected chi connectivity index (χ1v) is 6.62. The highest BCUT2D eigenvalue weighted by Gasteiger charge is 2.11. The van der Waals surface area contributed by atoms with E-state index in [-0.39, 0.29) is 17.1 Å². The molecule has 23 heavy (non-hydrogen) atoms. The van der Waals surface area contributed by atoms with E-state index in [0.29, 0.717) is 5.56 Å². The van der Waals surface area contributed by atoms with Crippen LogP contribution in [-0.2, 0) is 9.53 Å². The Hall–Kier alpha value is -3.02. The van der Waals surface area contributed by atoms with Gasteiger partial charge in [0, 0.05) is 6.08 Å². The van der Waals surface area contributed by atoms with Crippen molar-refractivity contribution in [1.82, 2.24) is 0 Å². The molecule has 0 radical (unpaired) electrons. The topological polar surface area (TPSA) is 55.4 Å². The third-order valence-electron chi connectivity index (χ3n) is 2.94. The lowest BCUT2D eigenvalue weighted by molar-refractivity contribution is -0.111. The number of anilines is 1. The minimum absolute atomic E-state index is 0.117. The van der Waals surface area contributed by atoms with Gasteiger partial charge in [-0.3, -0.25) is 4.79 Å². The SMILES string of the molecule is COC(=O)c1ccc(F)c(NC(=O)/C=C/c2ccc(F)cc2)c1. The van der Waals surface area contributed by atoms with Crippen molar-refractivity contribution in [3.05, 3.63) is 71.3 Å². The summed E-state index contributed by atoms with van der Waals surface area (Å²) in [5.41, 5.74) is 0.596.